The number of aliphatic carboxylic acids is 1. The fraction of sp³-hybridized carbons (Fsp3) is 0.364. The van der Waals surface area contributed by atoms with Crippen LogP contribution in [0.2, 0.25) is 0 Å². The summed E-state index contributed by atoms with van der Waals surface area (Å²) < 4.78 is 0. The largest absolute Gasteiger partial charge is 0.480 e. The number of hydrogen-bond acceptors (Lipinski definition) is 2. The van der Waals surface area contributed by atoms with Gasteiger partial charge in [-0.25, -0.2) is 0 Å². The lowest BCUT2D eigenvalue weighted by Crippen LogP contribution is -2.34. The summed E-state index contributed by atoms with van der Waals surface area (Å²) in [6, 6.07) is 7.88. The second-order valence-corrected chi connectivity index (χ2v) is 4.01. The minimum atomic E-state index is -1.02. The van der Waals surface area contributed by atoms with Crippen LogP contribution in [0.15, 0.2) is 24.3 Å². The van der Waals surface area contributed by atoms with Gasteiger partial charge in [0.15, 0.2) is 0 Å². The Balaban J connectivity index is 2.21. The van der Waals surface area contributed by atoms with Gasteiger partial charge in [0.2, 0.25) is 0 Å². The van der Waals surface area contributed by atoms with Gasteiger partial charge >= 0.3 is 5.97 Å². The second kappa shape index (κ2) is 2.82. The Morgan fingerprint density at radius 3 is 2.50 bits per heavy atom. The van der Waals surface area contributed by atoms with Gasteiger partial charge in [-0.2, -0.15) is 0 Å². The van der Waals surface area contributed by atoms with Crippen molar-refractivity contribution >= 4 is 5.97 Å². The highest BCUT2D eigenvalue weighted by Gasteiger charge is 2.58. The summed E-state index contributed by atoms with van der Waals surface area (Å²) in [7, 11) is 0. The van der Waals surface area contributed by atoms with E-state index in [1.165, 1.54) is 5.56 Å². The second-order valence-electron chi connectivity index (χ2n) is 4.01. The van der Waals surface area contributed by atoms with Crippen LogP contribution in [-0.2, 0) is 4.79 Å². The minimum Gasteiger partial charge on any atom is -0.480 e. The normalized spacial score (nSPS) is 30.0. The van der Waals surface area contributed by atoms with E-state index in [9.17, 15) is 4.79 Å². The van der Waals surface area contributed by atoms with Crippen molar-refractivity contribution < 1.29 is 9.90 Å². The highest BCUT2D eigenvalue weighted by Crippen LogP contribution is 2.49. The lowest BCUT2D eigenvalue weighted by Gasteiger charge is -2.05. The molecule has 0 aromatic heterocycles. The highest BCUT2D eigenvalue weighted by atomic mass is 16.4. The zero-order valence-corrected chi connectivity index (χ0v) is 8.03. The van der Waals surface area contributed by atoms with Crippen molar-refractivity contribution in [1.29, 1.82) is 0 Å². The van der Waals surface area contributed by atoms with E-state index in [-0.39, 0.29) is 5.92 Å². The molecule has 0 heterocycles. The molecule has 0 radical (unpaired) electrons. The van der Waals surface area contributed by atoms with Crippen molar-refractivity contribution in [2.24, 2.45) is 5.73 Å². The Bertz CT molecular complexity index is 371. The third kappa shape index (κ3) is 1.30. The van der Waals surface area contributed by atoms with Crippen molar-refractivity contribution in [1.82, 2.24) is 0 Å². The Morgan fingerprint density at radius 1 is 1.50 bits per heavy atom. The Hall–Kier alpha value is -1.35. The molecule has 1 saturated carbocycles. The average molecular weight is 191 g/mol. The van der Waals surface area contributed by atoms with Crippen LogP contribution in [-0.4, -0.2) is 16.6 Å². The predicted molar refractivity (Wildman–Crippen MR) is 53.1 cm³/mol. The number of rotatable bonds is 2. The standard InChI is InChI=1S/C11H13NO2/c1-7-2-4-8(5-3-7)9-6-11(9,12)10(13)14/h2-5,9H,6,12H2,1H3,(H,13,14)/t9-,11-/m1/s1. The van der Waals surface area contributed by atoms with E-state index >= 15 is 0 Å². The van der Waals surface area contributed by atoms with Gasteiger partial charge in [-0.3, -0.25) is 4.79 Å². The zero-order valence-electron chi connectivity index (χ0n) is 8.03. The molecular formula is C11H13NO2. The zero-order chi connectivity index (χ0) is 10.3. The highest BCUT2D eigenvalue weighted by molar-refractivity contribution is 5.84. The molecular weight excluding hydrogens is 178 g/mol. The Morgan fingerprint density at radius 2 is 2.07 bits per heavy atom. The summed E-state index contributed by atoms with van der Waals surface area (Å²) in [5.41, 5.74) is 6.89. The molecule has 14 heavy (non-hydrogen) atoms. The topological polar surface area (TPSA) is 63.3 Å². The lowest BCUT2D eigenvalue weighted by atomic mass is 10.1. The van der Waals surface area contributed by atoms with Gasteiger partial charge in [0, 0.05) is 5.92 Å². The monoisotopic (exact) mass is 191 g/mol. The van der Waals surface area contributed by atoms with E-state index in [4.69, 9.17) is 10.8 Å². The van der Waals surface area contributed by atoms with E-state index in [0.717, 1.165) is 5.56 Å². The van der Waals surface area contributed by atoms with E-state index in [1.54, 1.807) is 0 Å². The molecule has 3 nitrogen and oxygen atoms in total. The molecule has 0 bridgehead atoms. The van der Waals surface area contributed by atoms with Gasteiger partial charge in [-0.15, -0.1) is 0 Å². The van der Waals surface area contributed by atoms with Crippen LogP contribution in [0.5, 0.6) is 0 Å². The fourth-order valence-electron chi connectivity index (χ4n) is 1.73. The maximum absolute atomic E-state index is 10.8. The molecule has 1 aromatic carbocycles. The van der Waals surface area contributed by atoms with Gasteiger partial charge in [0.05, 0.1) is 0 Å². The third-order valence-electron chi connectivity index (χ3n) is 2.88. The summed E-state index contributed by atoms with van der Waals surface area (Å²) >= 11 is 0. The van der Waals surface area contributed by atoms with Crippen LogP contribution in [0.4, 0.5) is 0 Å². The van der Waals surface area contributed by atoms with Crippen molar-refractivity contribution in [3.8, 4) is 0 Å². The maximum Gasteiger partial charge on any atom is 0.324 e. The fourth-order valence-corrected chi connectivity index (χ4v) is 1.73. The SMILES string of the molecule is Cc1ccc([C@H]2C[C@]2(N)C(=O)O)cc1. The molecule has 3 heteroatoms. The van der Waals surface area contributed by atoms with E-state index in [2.05, 4.69) is 0 Å². The number of nitrogens with two attached hydrogens (primary N) is 1. The molecule has 0 unspecified atom stereocenters. The van der Waals surface area contributed by atoms with Gasteiger partial charge < -0.3 is 10.8 Å². The number of carboxylic acids is 1. The number of benzene rings is 1. The smallest absolute Gasteiger partial charge is 0.324 e. The molecule has 1 fully saturated rings. The van der Waals surface area contributed by atoms with Crippen LogP contribution < -0.4 is 5.73 Å². The van der Waals surface area contributed by atoms with Gasteiger partial charge in [0.25, 0.3) is 0 Å². The van der Waals surface area contributed by atoms with Gasteiger partial charge in [-0.1, -0.05) is 29.8 Å². The molecule has 3 N–H and O–H groups in total. The summed E-state index contributed by atoms with van der Waals surface area (Å²) in [6.45, 7) is 2.00. The Kier molecular flexibility index (Phi) is 1.86. The molecule has 2 rings (SSSR count). The predicted octanol–water partition coefficient (Wildman–Crippen LogP) is 1.26. The van der Waals surface area contributed by atoms with Crippen molar-refractivity contribution in [2.75, 3.05) is 0 Å². The summed E-state index contributed by atoms with van der Waals surface area (Å²) in [5, 5.41) is 8.87. The first-order valence-corrected chi connectivity index (χ1v) is 4.63. The molecule has 1 aromatic rings. The molecule has 0 spiro atoms. The lowest BCUT2D eigenvalue weighted by molar-refractivity contribution is -0.139. The molecule has 0 amide bonds. The molecule has 2 atom stereocenters. The quantitative estimate of drug-likeness (QED) is 0.739. The minimum absolute atomic E-state index is 0.0133. The van der Waals surface area contributed by atoms with E-state index < -0.39 is 11.5 Å². The summed E-state index contributed by atoms with van der Waals surface area (Å²) in [6.07, 6.45) is 0.547. The third-order valence-corrected chi connectivity index (χ3v) is 2.88. The summed E-state index contributed by atoms with van der Waals surface area (Å²) in [4.78, 5) is 10.8. The first kappa shape index (κ1) is 9.21. The van der Waals surface area contributed by atoms with Crippen molar-refractivity contribution in [2.45, 2.75) is 24.8 Å². The first-order chi connectivity index (χ1) is 6.54. The molecule has 0 saturated heterocycles. The van der Waals surface area contributed by atoms with Crippen LogP contribution in [0.3, 0.4) is 0 Å². The van der Waals surface area contributed by atoms with Crippen molar-refractivity contribution in [3.63, 3.8) is 0 Å². The molecule has 74 valence electrons. The van der Waals surface area contributed by atoms with Crippen molar-refractivity contribution in [3.05, 3.63) is 35.4 Å². The average Bonchev–Trinajstić information content (AvgIpc) is 2.81. The number of hydrogen-bond donors (Lipinski definition) is 2. The maximum atomic E-state index is 10.8. The Labute approximate surface area is 82.5 Å². The number of carboxylic acid groups (broad SMARTS) is 1. The molecule has 1 aliphatic carbocycles. The van der Waals surface area contributed by atoms with E-state index in [1.807, 2.05) is 31.2 Å². The number of aryl methyl sites for hydroxylation is 1. The van der Waals surface area contributed by atoms with E-state index in [0.29, 0.717) is 6.42 Å². The summed E-state index contributed by atoms with van der Waals surface area (Å²) in [5.74, 6) is -0.913. The van der Waals surface area contributed by atoms with Gasteiger partial charge in [0.1, 0.15) is 5.54 Å². The molecule has 1 aliphatic rings. The van der Waals surface area contributed by atoms with Crippen LogP contribution >= 0.6 is 0 Å². The van der Waals surface area contributed by atoms with Gasteiger partial charge in [-0.05, 0) is 18.9 Å². The van der Waals surface area contributed by atoms with Crippen LogP contribution in [0, 0.1) is 6.92 Å². The number of carbonyl (C=O) groups is 1. The first-order valence-electron chi connectivity index (χ1n) is 4.63. The van der Waals surface area contributed by atoms with Crippen LogP contribution in [0.25, 0.3) is 0 Å². The molecule has 0 aliphatic heterocycles. The van der Waals surface area contributed by atoms with Crippen LogP contribution in [0.1, 0.15) is 23.5 Å².